The van der Waals surface area contributed by atoms with Crippen LogP contribution in [-0.2, 0) is 11.5 Å². The van der Waals surface area contributed by atoms with Gasteiger partial charge in [0.25, 0.3) is 5.56 Å². The summed E-state index contributed by atoms with van der Waals surface area (Å²) in [6, 6.07) is 9.47. The Labute approximate surface area is 139 Å². The van der Waals surface area contributed by atoms with Crippen molar-refractivity contribution in [2.75, 3.05) is 7.11 Å². The summed E-state index contributed by atoms with van der Waals surface area (Å²) in [5.41, 5.74) is 1.90. The van der Waals surface area contributed by atoms with Gasteiger partial charge in [-0.2, -0.15) is 11.8 Å². The van der Waals surface area contributed by atoms with E-state index >= 15 is 0 Å². The van der Waals surface area contributed by atoms with Gasteiger partial charge in [-0.3, -0.25) is 4.79 Å². The van der Waals surface area contributed by atoms with Crippen LogP contribution in [0, 0.1) is 0 Å². The highest BCUT2D eigenvalue weighted by molar-refractivity contribution is 7.99. The largest absolute Gasteiger partial charge is 0.497 e. The first kappa shape index (κ1) is 17.0. The number of thioether (sulfide) groups is 2. The molecular weight excluding hydrogens is 316 g/mol. The van der Waals surface area contributed by atoms with Gasteiger partial charge in [-0.05, 0) is 22.9 Å². The van der Waals surface area contributed by atoms with Crippen molar-refractivity contribution in [1.82, 2.24) is 9.97 Å². The van der Waals surface area contributed by atoms with E-state index in [0.29, 0.717) is 10.4 Å². The monoisotopic (exact) mass is 336 g/mol. The van der Waals surface area contributed by atoms with E-state index in [1.54, 1.807) is 24.9 Å². The van der Waals surface area contributed by atoms with Crippen molar-refractivity contribution in [1.29, 1.82) is 0 Å². The Hall–Kier alpha value is -1.40. The van der Waals surface area contributed by atoms with Crippen molar-refractivity contribution >= 4 is 23.5 Å². The minimum absolute atomic E-state index is 0.0911. The van der Waals surface area contributed by atoms with Crippen molar-refractivity contribution in [3.05, 3.63) is 51.9 Å². The summed E-state index contributed by atoms with van der Waals surface area (Å²) in [6.07, 6.45) is 0. The van der Waals surface area contributed by atoms with Crippen LogP contribution in [0.5, 0.6) is 5.75 Å². The third kappa shape index (κ3) is 5.42. The minimum atomic E-state index is -0.0911. The zero-order valence-electron chi connectivity index (χ0n) is 13.0. The third-order valence-electron chi connectivity index (χ3n) is 2.87. The average Bonchev–Trinajstić information content (AvgIpc) is 2.51. The summed E-state index contributed by atoms with van der Waals surface area (Å²) in [7, 11) is 1.65. The summed E-state index contributed by atoms with van der Waals surface area (Å²) in [5, 5.41) is 1.19. The molecule has 0 aliphatic carbocycles. The van der Waals surface area contributed by atoms with Crippen LogP contribution < -0.4 is 10.3 Å². The zero-order valence-corrected chi connectivity index (χ0v) is 14.6. The summed E-state index contributed by atoms with van der Waals surface area (Å²) >= 11 is 3.31. The van der Waals surface area contributed by atoms with E-state index in [2.05, 4.69) is 23.8 Å². The predicted molar refractivity (Wildman–Crippen MR) is 93.8 cm³/mol. The topological polar surface area (TPSA) is 55.0 Å². The fourth-order valence-corrected chi connectivity index (χ4v) is 3.25. The zero-order chi connectivity index (χ0) is 15.9. The van der Waals surface area contributed by atoms with Crippen LogP contribution in [-0.4, -0.2) is 22.3 Å². The number of aromatic nitrogens is 2. The van der Waals surface area contributed by atoms with E-state index in [0.717, 1.165) is 28.5 Å². The van der Waals surface area contributed by atoms with Crippen LogP contribution in [0.2, 0.25) is 0 Å². The molecule has 1 N–H and O–H groups in total. The molecule has 118 valence electrons. The highest BCUT2D eigenvalue weighted by Crippen LogP contribution is 2.21. The lowest BCUT2D eigenvalue weighted by Gasteiger charge is -2.06. The van der Waals surface area contributed by atoms with Crippen molar-refractivity contribution in [2.24, 2.45) is 0 Å². The smallest absolute Gasteiger partial charge is 0.251 e. The number of hydrogen-bond donors (Lipinski definition) is 1. The maximum atomic E-state index is 11.7. The Morgan fingerprint density at radius 1 is 1.23 bits per heavy atom. The second-order valence-electron chi connectivity index (χ2n) is 5.04. The van der Waals surface area contributed by atoms with Gasteiger partial charge in [-0.1, -0.05) is 37.7 Å². The van der Waals surface area contributed by atoms with Gasteiger partial charge in [0.15, 0.2) is 5.16 Å². The second-order valence-corrected chi connectivity index (χ2v) is 7.57. The quantitative estimate of drug-likeness (QED) is 0.617. The van der Waals surface area contributed by atoms with E-state index in [1.165, 1.54) is 11.8 Å². The summed E-state index contributed by atoms with van der Waals surface area (Å²) in [5.74, 6) is 2.36. The summed E-state index contributed by atoms with van der Waals surface area (Å²) in [6.45, 7) is 4.27. The van der Waals surface area contributed by atoms with Crippen molar-refractivity contribution < 1.29 is 4.74 Å². The number of nitrogens with one attached hydrogen (secondary N) is 1. The Balaban J connectivity index is 2.00. The lowest BCUT2D eigenvalue weighted by molar-refractivity contribution is 0.414. The molecule has 6 heteroatoms. The lowest BCUT2D eigenvalue weighted by Crippen LogP contribution is -2.10. The van der Waals surface area contributed by atoms with Gasteiger partial charge < -0.3 is 9.72 Å². The molecule has 0 atom stereocenters. The van der Waals surface area contributed by atoms with Crippen LogP contribution in [0.3, 0.4) is 0 Å². The first-order valence-corrected chi connectivity index (χ1v) is 9.08. The average molecular weight is 336 g/mol. The maximum Gasteiger partial charge on any atom is 0.251 e. The first-order chi connectivity index (χ1) is 10.6. The number of hydrogen-bond acceptors (Lipinski definition) is 5. The van der Waals surface area contributed by atoms with E-state index in [1.807, 2.05) is 24.3 Å². The number of aromatic amines is 1. The predicted octanol–water partition coefficient (Wildman–Crippen LogP) is 3.71. The molecule has 2 rings (SSSR count). The number of nitrogens with zero attached hydrogens (tertiary/aromatic N) is 1. The van der Waals surface area contributed by atoms with Crippen LogP contribution >= 0.6 is 23.5 Å². The van der Waals surface area contributed by atoms with Crippen molar-refractivity contribution in [3.63, 3.8) is 0 Å². The lowest BCUT2D eigenvalue weighted by atomic mass is 10.2. The molecule has 4 nitrogen and oxygen atoms in total. The molecular formula is C16H20N2O2S2. The molecule has 0 saturated heterocycles. The highest BCUT2D eigenvalue weighted by Gasteiger charge is 2.05. The third-order valence-corrected chi connectivity index (χ3v) is 4.95. The fourth-order valence-electron chi connectivity index (χ4n) is 1.75. The molecule has 0 fully saturated rings. The molecule has 1 aromatic heterocycles. The standard InChI is InChI=1S/C16H20N2O2S2/c1-11(2)21-10-13-8-15(19)18-16(17-13)22-9-12-4-6-14(20-3)7-5-12/h4-8,11H,9-10H2,1-3H3,(H,17,18,19). The van der Waals surface area contributed by atoms with Gasteiger partial charge in [0.1, 0.15) is 5.75 Å². The molecule has 0 spiro atoms. The van der Waals surface area contributed by atoms with Gasteiger partial charge in [0.2, 0.25) is 0 Å². The van der Waals surface area contributed by atoms with E-state index < -0.39 is 0 Å². The number of methoxy groups -OCH3 is 1. The first-order valence-electron chi connectivity index (χ1n) is 7.04. The molecule has 0 bridgehead atoms. The number of rotatable bonds is 7. The molecule has 0 radical (unpaired) electrons. The van der Waals surface area contributed by atoms with Crippen LogP contribution in [0.4, 0.5) is 0 Å². The van der Waals surface area contributed by atoms with Crippen molar-refractivity contribution in [3.8, 4) is 5.75 Å². The highest BCUT2D eigenvalue weighted by atomic mass is 32.2. The van der Waals surface area contributed by atoms with Crippen molar-refractivity contribution in [2.45, 2.75) is 35.8 Å². The molecule has 1 heterocycles. The van der Waals surface area contributed by atoms with Crippen LogP contribution in [0.1, 0.15) is 25.1 Å². The SMILES string of the molecule is COc1ccc(CSc2nc(CSC(C)C)cc(=O)[nH]2)cc1. The van der Waals surface area contributed by atoms with Gasteiger partial charge in [0.05, 0.1) is 12.8 Å². The van der Waals surface area contributed by atoms with E-state index in [9.17, 15) is 4.79 Å². The Morgan fingerprint density at radius 3 is 2.59 bits per heavy atom. The van der Waals surface area contributed by atoms with Gasteiger partial charge >= 0.3 is 0 Å². The normalized spacial score (nSPS) is 10.9. The molecule has 0 aliphatic rings. The molecule has 0 aliphatic heterocycles. The molecule has 22 heavy (non-hydrogen) atoms. The minimum Gasteiger partial charge on any atom is -0.497 e. The number of H-pyrrole nitrogens is 1. The molecule has 2 aromatic rings. The van der Waals surface area contributed by atoms with Gasteiger partial charge in [-0.15, -0.1) is 0 Å². The Kier molecular flexibility index (Phi) is 6.39. The maximum absolute atomic E-state index is 11.7. The van der Waals surface area contributed by atoms with Crippen LogP contribution in [0.25, 0.3) is 0 Å². The summed E-state index contributed by atoms with van der Waals surface area (Å²) < 4.78 is 5.14. The van der Waals surface area contributed by atoms with Gasteiger partial charge in [-0.25, -0.2) is 4.98 Å². The molecule has 0 saturated carbocycles. The molecule has 0 amide bonds. The molecule has 0 unspecified atom stereocenters. The Morgan fingerprint density at radius 2 is 1.95 bits per heavy atom. The van der Waals surface area contributed by atoms with Crippen LogP contribution in [0.15, 0.2) is 40.3 Å². The number of ether oxygens (including phenoxy) is 1. The van der Waals surface area contributed by atoms with Gasteiger partial charge in [0, 0.05) is 17.6 Å². The second kappa shape index (κ2) is 8.29. The van der Waals surface area contributed by atoms with E-state index in [4.69, 9.17) is 4.74 Å². The Bertz CT molecular complexity index is 654. The molecule has 1 aromatic carbocycles. The number of benzene rings is 1. The summed E-state index contributed by atoms with van der Waals surface area (Å²) in [4.78, 5) is 19.0. The van der Waals surface area contributed by atoms with E-state index in [-0.39, 0.29) is 5.56 Å². The fraction of sp³-hybridized carbons (Fsp3) is 0.375.